The van der Waals surface area contributed by atoms with Gasteiger partial charge in [-0.15, -0.1) is 0 Å². The molecule has 0 aliphatic carbocycles. The van der Waals surface area contributed by atoms with Gasteiger partial charge in [-0.3, -0.25) is 4.79 Å². The molecule has 0 bridgehead atoms. The molecule has 0 radical (unpaired) electrons. The number of hydrogen-bond donors (Lipinski definition) is 1. The number of carbonyl (C=O) groups excluding carboxylic acids is 1. The molecule has 1 aliphatic heterocycles. The standard InChI is InChI=1S/C19H29NO2/c1-3-8-17(16-9-6-5-7-10-16)18(22)20-13-11-19(4-2,15-21)12-14-20/h5-7,9-10,17,21H,3-4,8,11-15H2,1-2H3. The molecule has 1 aliphatic rings. The lowest BCUT2D eigenvalue weighted by molar-refractivity contribution is -0.136. The second-order valence-electron chi connectivity index (χ2n) is 6.59. The molecule has 1 N–H and O–H groups in total. The van der Waals surface area contributed by atoms with Crippen LogP contribution in [-0.4, -0.2) is 35.6 Å². The highest BCUT2D eigenvalue weighted by Gasteiger charge is 2.35. The molecular weight excluding hydrogens is 274 g/mol. The summed E-state index contributed by atoms with van der Waals surface area (Å²) in [5, 5.41) is 9.63. The molecule has 22 heavy (non-hydrogen) atoms. The Morgan fingerprint density at radius 2 is 1.86 bits per heavy atom. The van der Waals surface area contributed by atoms with Crippen LogP contribution >= 0.6 is 0 Å². The van der Waals surface area contributed by atoms with E-state index in [0.29, 0.717) is 0 Å². The van der Waals surface area contributed by atoms with Gasteiger partial charge in [-0.1, -0.05) is 50.6 Å². The first-order chi connectivity index (χ1) is 10.7. The van der Waals surface area contributed by atoms with E-state index in [4.69, 9.17) is 0 Å². The predicted octanol–water partition coefficient (Wildman–Crippen LogP) is 3.58. The van der Waals surface area contributed by atoms with Crippen LogP contribution in [0, 0.1) is 5.41 Å². The number of benzene rings is 1. The molecule has 1 aromatic rings. The summed E-state index contributed by atoms with van der Waals surface area (Å²) in [6.45, 7) is 6.06. The maximum atomic E-state index is 12.9. The summed E-state index contributed by atoms with van der Waals surface area (Å²) >= 11 is 0. The highest BCUT2D eigenvalue weighted by molar-refractivity contribution is 5.83. The molecule has 1 amide bonds. The van der Waals surface area contributed by atoms with Crippen molar-refractivity contribution >= 4 is 5.91 Å². The second kappa shape index (κ2) is 7.77. The maximum absolute atomic E-state index is 12.9. The van der Waals surface area contributed by atoms with Crippen molar-refractivity contribution < 1.29 is 9.90 Å². The van der Waals surface area contributed by atoms with E-state index in [1.165, 1.54) is 0 Å². The number of aliphatic hydroxyl groups excluding tert-OH is 1. The minimum Gasteiger partial charge on any atom is -0.396 e. The van der Waals surface area contributed by atoms with E-state index >= 15 is 0 Å². The first kappa shape index (κ1) is 17.0. The zero-order valence-corrected chi connectivity index (χ0v) is 13.9. The normalized spacial score (nSPS) is 19.0. The van der Waals surface area contributed by atoms with Crippen LogP contribution in [0.1, 0.15) is 57.4 Å². The van der Waals surface area contributed by atoms with Crippen molar-refractivity contribution in [3.63, 3.8) is 0 Å². The average Bonchev–Trinajstić information content (AvgIpc) is 2.60. The Balaban J connectivity index is 2.06. The fraction of sp³-hybridized carbons (Fsp3) is 0.632. The summed E-state index contributed by atoms with van der Waals surface area (Å²) in [6.07, 6.45) is 4.73. The third-order valence-electron chi connectivity index (χ3n) is 5.30. The zero-order chi connectivity index (χ0) is 16.0. The van der Waals surface area contributed by atoms with Gasteiger partial charge in [-0.2, -0.15) is 0 Å². The van der Waals surface area contributed by atoms with Crippen LogP contribution in [0.5, 0.6) is 0 Å². The van der Waals surface area contributed by atoms with Gasteiger partial charge in [0.25, 0.3) is 0 Å². The SMILES string of the molecule is CCCC(C(=O)N1CCC(CC)(CO)CC1)c1ccccc1. The summed E-state index contributed by atoms with van der Waals surface area (Å²) in [5.41, 5.74) is 1.16. The molecule has 0 saturated carbocycles. The van der Waals surface area contributed by atoms with Gasteiger partial charge in [0.15, 0.2) is 0 Å². The third-order valence-corrected chi connectivity index (χ3v) is 5.30. The highest BCUT2D eigenvalue weighted by Crippen LogP contribution is 2.35. The number of amides is 1. The molecule has 1 heterocycles. The number of rotatable bonds is 6. The summed E-state index contributed by atoms with van der Waals surface area (Å²) in [4.78, 5) is 15.0. The smallest absolute Gasteiger partial charge is 0.230 e. The number of nitrogens with zero attached hydrogens (tertiary/aromatic N) is 1. The minimum atomic E-state index is -0.0190. The van der Waals surface area contributed by atoms with Gasteiger partial charge in [0, 0.05) is 19.7 Å². The Kier molecular flexibility index (Phi) is 6.01. The predicted molar refractivity (Wildman–Crippen MR) is 89.7 cm³/mol. The van der Waals surface area contributed by atoms with Crippen molar-refractivity contribution in [3.8, 4) is 0 Å². The Bertz CT molecular complexity index is 458. The van der Waals surface area contributed by atoms with Gasteiger partial charge in [0.2, 0.25) is 5.91 Å². The molecule has 0 aromatic heterocycles. The molecule has 3 nitrogen and oxygen atoms in total. The largest absolute Gasteiger partial charge is 0.396 e. The monoisotopic (exact) mass is 303 g/mol. The highest BCUT2D eigenvalue weighted by atomic mass is 16.3. The van der Waals surface area contributed by atoms with E-state index in [2.05, 4.69) is 26.0 Å². The third kappa shape index (κ3) is 3.70. The lowest BCUT2D eigenvalue weighted by Crippen LogP contribution is -2.46. The van der Waals surface area contributed by atoms with E-state index in [1.54, 1.807) is 0 Å². The molecular formula is C19H29NO2. The second-order valence-corrected chi connectivity index (χ2v) is 6.59. The van der Waals surface area contributed by atoms with Crippen LogP contribution in [0.15, 0.2) is 30.3 Å². The first-order valence-electron chi connectivity index (χ1n) is 8.60. The summed E-state index contributed by atoms with van der Waals surface area (Å²) in [5.74, 6) is 0.241. The fourth-order valence-corrected chi connectivity index (χ4v) is 3.45. The van der Waals surface area contributed by atoms with Crippen LogP contribution in [-0.2, 0) is 4.79 Å². The lowest BCUT2D eigenvalue weighted by atomic mass is 9.76. The van der Waals surface area contributed by atoms with Gasteiger partial charge in [0.1, 0.15) is 0 Å². The van der Waals surface area contributed by atoms with Crippen LogP contribution < -0.4 is 0 Å². The van der Waals surface area contributed by atoms with Crippen LogP contribution in [0.2, 0.25) is 0 Å². The molecule has 1 fully saturated rings. The summed E-state index contributed by atoms with van der Waals surface area (Å²) in [6, 6.07) is 10.1. The molecule has 2 rings (SSSR count). The van der Waals surface area contributed by atoms with E-state index in [-0.39, 0.29) is 23.8 Å². The first-order valence-corrected chi connectivity index (χ1v) is 8.60. The molecule has 1 atom stereocenters. The Morgan fingerprint density at radius 3 is 2.36 bits per heavy atom. The van der Waals surface area contributed by atoms with Gasteiger partial charge in [0.05, 0.1) is 5.92 Å². The van der Waals surface area contributed by atoms with Crippen molar-refractivity contribution in [1.82, 2.24) is 4.90 Å². The van der Waals surface area contributed by atoms with Crippen LogP contribution in [0.25, 0.3) is 0 Å². The van der Waals surface area contributed by atoms with Gasteiger partial charge in [-0.25, -0.2) is 0 Å². The minimum absolute atomic E-state index is 0.0190. The molecule has 1 unspecified atom stereocenters. The maximum Gasteiger partial charge on any atom is 0.230 e. The zero-order valence-electron chi connectivity index (χ0n) is 13.9. The molecule has 3 heteroatoms. The number of likely N-dealkylation sites (tertiary alicyclic amines) is 1. The number of piperidine rings is 1. The van der Waals surface area contributed by atoms with Gasteiger partial charge >= 0.3 is 0 Å². The van der Waals surface area contributed by atoms with E-state index in [9.17, 15) is 9.90 Å². The van der Waals surface area contributed by atoms with Crippen LogP contribution in [0.3, 0.4) is 0 Å². The topological polar surface area (TPSA) is 40.5 Å². The fourth-order valence-electron chi connectivity index (χ4n) is 3.45. The number of carbonyl (C=O) groups is 1. The van der Waals surface area contributed by atoms with E-state index < -0.39 is 0 Å². The van der Waals surface area contributed by atoms with Gasteiger partial charge in [-0.05, 0) is 36.7 Å². The number of aliphatic hydroxyl groups is 1. The van der Waals surface area contributed by atoms with Crippen molar-refractivity contribution in [2.75, 3.05) is 19.7 Å². The Morgan fingerprint density at radius 1 is 1.23 bits per heavy atom. The summed E-state index contributed by atoms with van der Waals surface area (Å²) < 4.78 is 0. The molecule has 122 valence electrons. The van der Waals surface area contributed by atoms with Gasteiger partial charge < -0.3 is 10.0 Å². The lowest BCUT2D eigenvalue weighted by Gasteiger charge is -2.41. The van der Waals surface area contributed by atoms with Crippen molar-refractivity contribution in [1.29, 1.82) is 0 Å². The average molecular weight is 303 g/mol. The van der Waals surface area contributed by atoms with E-state index in [0.717, 1.165) is 50.8 Å². The van der Waals surface area contributed by atoms with Crippen molar-refractivity contribution in [2.24, 2.45) is 5.41 Å². The molecule has 1 aromatic carbocycles. The molecule has 0 spiro atoms. The van der Waals surface area contributed by atoms with Crippen molar-refractivity contribution in [3.05, 3.63) is 35.9 Å². The Labute approximate surface area is 134 Å². The number of hydrogen-bond acceptors (Lipinski definition) is 2. The Hall–Kier alpha value is -1.35. The quantitative estimate of drug-likeness (QED) is 0.872. The van der Waals surface area contributed by atoms with E-state index in [1.807, 2.05) is 23.1 Å². The molecule has 1 saturated heterocycles. The summed E-state index contributed by atoms with van der Waals surface area (Å²) in [7, 11) is 0. The van der Waals surface area contributed by atoms with Crippen LogP contribution in [0.4, 0.5) is 0 Å². The van der Waals surface area contributed by atoms with Crippen molar-refractivity contribution in [2.45, 2.75) is 51.9 Å².